The minimum absolute atomic E-state index is 0.0876. The Bertz CT molecular complexity index is 302. The Balaban J connectivity index is 2.55. The lowest BCUT2D eigenvalue weighted by Gasteiger charge is -2.34. The molecule has 0 N–H and O–H groups in total. The highest BCUT2D eigenvalue weighted by atomic mass is 16.5. The van der Waals surface area contributed by atoms with E-state index in [1.54, 1.807) is 0 Å². The van der Waals surface area contributed by atoms with E-state index >= 15 is 0 Å². The van der Waals surface area contributed by atoms with Gasteiger partial charge in [0.25, 0.3) is 0 Å². The van der Waals surface area contributed by atoms with Crippen LogP contribution >= 0.6 is 0 Å². The first-order valence-corrected chi connectivity index (χ1v) is 6.41. The minimum Gasteiger partial charge on any atom is -0.379 e. The molecule has 0 saturated carbocycles. The lowest BCUT2D eigenvalue weighted by atomic mass is 9.73. The Hall–Kier alpha value is -0.850. The fraction of sp³-hybridized carbons (Fsp3) is 0.786. The monoisotopic (exact) mass is 237 g/mol. The molecule has 0 heterocycles. The smallest absolute Gasteiger partial charge is 0.165 e. The molecule has 0 bridgehead atoms. The van der Waals surface area contributed by atoms with Crippen molar-refractivity contribution < 1.29 is 9.47 Å². The van der Waals surface area contributed by atoms with Crippen LogP contribution in [0.3, 0.4) is 0 Å². The van der Waals surface area contributed by atoms with E-state index < -0.39 is 6.10 Å². The zero-order valence-corrected chi connectivity index (χ0v) is 11.2. The summed E-state index contributed by atoms with van der Waals surface area (Å²) in [6.45, 7) is 8.06. The van der Waals surface area contributed by atoms with Crippen molar-refractivity contribution in [3.05, 3.63) is 11.6 Å². The SMILES string of the molecule is CCOCCOC(C#N)C1=CCCCC1(C)C. The van der Waals surface area contributed by atoms with Crippen molar-refractivity contribution in [3.63, 3.8) is 0 Å². The lowest BCUT2D eigenvalue weighted by molar-refractivity contribution is 0.0342. The molecule has 0 aromatic carbocycles. The van der Waals surface area contributed by atoms with Gasteiger partial charge in [-0.1, -0.05) is 19.9 Å². The first-order valence-electron chi connectivity index (χ1n) is 6.41. The molecular formula is C14H23NO2. The van der Waals surface area contributed by atoms with Crippen LogP contribution in [0.5, 0.6) is 0 Å². The molecule has 3 heteroatoms. The number of hydrogen-bond donors (Lipinski definition) is 0. The summed E-state index contributed by atoms with van der Waals surface area (Å²) >= 11 is 0. The molecule has 0 aromatic rings. The first kappa shape index (κ1) is 14.2. The Kier molecular flexibility index (Phi) is 5.67. The van der Waals surface area contributed by atoms with Gasteiger partial charge in [0.2, 0.25) is 0 Å². The van der Waals surface area contributed by atoms with Crippen LogP contribution in [0, 0.1) is 16.7 Å². The van der Waals surface area contributed by atoms with E-state index in [4.69, 9.17) is 9.47 Å². The number of nitriles is 1. The van der Waals surface area contributed by atoms with Gasteiger partial charge in [-0.25, -0.2) is 0 Å². The summed E-state index contributed by atoms with van der Waals surface area (Å²) < 4.78 is 10.8. The van der Waals surface area contributed by atoms with Crippen LogP contribution in [-0.4, -0.2) is 25.9 Å². The maximum atomic E-state index is 9.21. The van der Waals surface area contributed by atoms with Crippen molar-refractivity contribution in [2.75, 3.05) is 19.8 Å². The number of ether oxygens (including phenoxy) is 2. The molecule has 0 amide bonds. The van der Waals surface area contributed by atoms with Gasteiger partial charge < -0.3 is 9.47 Å². The highest BCUT2D eigenvalue weighted by molar-refractivity contribution is 5.25. The number of nitrogens with zero attached hydrogens (tertiary/aromatic N) is 1. The predicted molar refractivity (Wildman–Crippen MR) is 67.6 cm³/mol. The summed E-state index contributed by atoms with van der Waals surface area (Å²) in [6, 6.07) is 2.26. The van der Waals surface area contributed by atoms with Gasteiger partial charge >= 0.3 is 0 Å². The van der Waals surface area contributed by atoms with Crippen LogP contribution in [0.1, 0.15) is 40.0 Å². The fourth-order valence-corrected chi connectivity index (χ4v) is 2.25. The molecule has 0 radical (unpaired) electrons. The topological polar surface area (TPSA) is 42.2 Å². The molecule has 0 aliphatic heterocycles. The van der Waals surface area contributed by atoms with Crippen LogP contribution in [0.2, 0.25) is 0 Å². The summed E-state index contributed by atoms with van der Waals surface area (Å²) in [4.78, 5) is 0. The standard InChI is InChI=1S/C14H23NO2/c1-4-16-9-10-17-13(11-15)12-7-5-6-8-14(12,2)3/h7,13H,4-6,8-10H2,1-3H3. The molecule has 1 aliphatic carbocycles. The van der Waals surface area contributed by atoms with E-state index in [1.807, 2.05) is 6.92 Å². The fourth-order valence-electron chi connectivity index (χ4n) is 2.25. The third-order valence-corrected chi connectivity index (χ3v) is 3.27. The molecular weight excluding hydrogens is 214 g/mol. The molecule has 1 rings (SSSR count). The third kappa shape index (κ3) is 4.14. The lowest BCUT2D eigenvalue weighted by Crippen LogP contribution is -2.29. The van der Waals surface area contributed by atoms with Crippen molar-refractivity contribution >= 4 is 0 Å². The molecule has 1 aliphatic rings. The minimum atomic E-state index is -0.411. The first-order chi connectivity index (χ1) is 8.11. The second-order valence-corrected chi connectivity index (χ2v) is 5.01. The molecule has 0 spiro atoms. The van der Waals surface area contributed by atoms with Gasteiger partial charge in [0.1, 0.15) is 0 Å². The quantitative estimate of drug-likeness (QED) is 0.526. The number of rotatable bonds is 6. The second kappa shape index (κ2) is 6.78. The normalized spacial score (nSPS) is 20.5. The van der Waals surface area contributed by atoms with Crippen molar-refractivity contribution in [1.29, 1.82) is 5.26 Å². The Morgan fingerprint density at radius 2 is 2.24 bits per heavy atom. The van der Waals surface area contributed by atoms with Crippen LogP contribution in [-0.2, 0) is 9.47 Å². The molecule has 1 atom stereocenters. The van der Waals surface area contributed by atoms with Crippen molar-refractivity contribution in [3.8, 4) is 6.07 Å². The highest BCUT2D eigenvalue weighted by Gasteiger charge is 2.31. The average Bonchev–Trinajstić information content (AvgIpc) is 2.30. The highest BCUT2D eigenvalue weighted by Crippen LogP contribution is 2.39. The zero-order valence-electron chi connectivity index (χ0n) is 11.2. The molecule has 3 nitrogen and oxygen atoms in total. The maximum Gasteiger partial charge on any atom is 0.165 e. The van der Waals surface area contributed by atoms with Gasteiger partial charge in [-0.05, 0) is 37.2 Å². The van der Waals surface area contributed by atoms with Crippen LogP contribution in [0.25, 0.3) is 0 Å². The van der Waals surface area contributed by atoms with Crippen molar-refractivity contribution in [2.45, 2.75) is 46.1 Å². The molecule has 0 fully saturated rings. The Morgan fingerprint density at radius 1 is 1.47 bits per heavy atom. The summed E-state index contributed by atoms with van der Waals surface area (Å²) in [7, 11) is 0. The van der Waals surface area contributed by atoms with E-state index in [9.17, 15) is 5.26 Å². The summed E-state index contributed by atoms with van der Waals surface area (Å²) in [5, 5.41) is 9.21. The van der Waals surface area contributed by atoms with E-state index in [0.29, 0.717) is 19.8 Å². The van der Waals surface area contributed by atoms with Crippen molar-refractivity contribution in [2.24, 2.45) is 5.41 Å². The second-order valence-electron chi connectivity index (χ2n) is 5.01. The summed E-state index contributed by atoms with van der Waals surface area (Å²) in [5.41, 5.74) is 1.23. The van der Waals surface area contributed by atoms with Crippen LogP contribution < -0.4 is 0 Å². The molecule has 0 aromatic heterocycles. The van der Waals surface area contributed by atoms with Gasteiger partial charge in [0, 0.05) is 6.61 Å². The third-order valence-electron chi connectivity index (χ3n) is 3.27. The van der Waals surface area contributed by atoms with Gasteiger partial charge in [-0.3, -0.25) is 0 Å². The summed E-state index contributed by atoms with van der Waals surface area (Å²) in [5.74, 6) is 0. The van der Waals surface area contributed by atoms with Gasteiger partial charge in [-0.2, -0.15) is 5.26 Å². The van der Waals surface area contributed by atoms with Crippen LogP contribution in [0.4, 0.5) is 0 Å². The number of allylic oxidation sites excluding steroid dienone is 1. The van der Waals surface area contributed by atoms with E-state index in [2.05, 4.69) is 26.0 Å². The predicted octanol–water partition coefficient (Wildman–Crippen LogP) is 3.07. The summed E-state index contributed by atoms with van der Waals surface area (Å²) in [6.07, 6.45) is 5.16. The average molecular weight is 237 g/mol. The van der Waals surface area contributed by atoms with E-state index in [-0.39, 0.29) is 5.41 Å². The van der Waals surface area contributed by atoms with E-state index in [1.165, 1.54) is 6.42 Å². The van der Waals surface area contributed by atoms with Crippen LogP contribution in [0.15, 0.2) is 11.6 Å². The van der Waals surface area contributed by atoms with E-state index in [0.717, 1.165) is 18.4 Å². The van der Waals surface area contributed by atoms with Gasteiger partial charge in [0.05, 0.1) is 19.3 Å². The van der Waals surface area contributed by atoms with Gasteiger partial charge in [0.15, 0.2) is 6.10 Å². The largest absolute Gasteiger partial charge is 0.379 e. The Labute approximate surface area is 104 Å². The zero-order chi connectivity index (χ0) is 12.7. The molecule has 17 heavy (non-hydrogen) atoms. The van der Waals surface area contributed by atoms with Crippen molar-refractivity contribution in [1.82, 2.24) is 0 Å². The molecule has 1 unspecified atom stereocenters. The number of hydrogen-bond acceptors (Lipinski definition) is 3. The molecule has 0 saturated heterocycles. The Morgan fingerprint density at radius 3 is 2.82 bits per heavy atom. The molecule has 96 valence electrons. The maximum absolute atomic E-state index is 9.21. The van der Waals surface area contributed by atoms with Gasteiger partial charge in [-0.15, -0.1) is 0 Å².